The number of hydrogen-bond donors (Lipinski definition) is 2. The third kappa shape index (κ3) is 5.10. The monoisotopic (exact) mass is 474 g/mol. The van der Waals surface area contributed by atoms with Crippen LogP contribution in [0.15, 0.2) is 51.8 Å². The molecule has 0 saturated heterocycles. The summed E-state index contributed by atoms with van der Waals surface area (Å²) in [5.41, 5.74) is -0.622. The van der Waals surface area contributed by atoms with Gasteiger partial charge in [-0.05, 0) is 62.2 Å². The van der Waals surface area contributed by atoms with Gasteiger partial charge < -0.3 is 19.7 Å². The topological polar surface area (TPSA) is 119 Å². The van der Waals surface area contributed by atoms with Crippen LogP contribution in [0.4, 0.5) is 5.69 Å². The lowest BCUT2D eigenvalue weighted by atomic mass is 9.76. The molecule has 8 nitrogen and oxygen atoms in total. The fraction of sp³-hybridized carbons (Fsp3) is 0.333. The van der Waals surface area contributed by atoms with E-state index in [-0.39, 0.29) is 5.92 Å². The minimum absolute atomic E-state index is 0.325. The van der Waals surface area contributed by atoms with E-state index in [2.05, 4.69) is 22.3 Å². The number of aryl methyl sites for hydroxylation is 1. The van der Waals surface area contributed by atoms with Crippen molar-refractivity contribution in [3.8, 4) is 11.8 Å². The van der Waals surface area contributed by atoms with Gasteiger partial charge in [0.2, 0.25) is 5.60 Å². The van der Waals surface area contributed by atoms with Crippen molar-refractivity contribution in [1.82, 2.24) is 5.16 Å². The minimum Gasteiger partial charge on any atom is -0.465 e. The Hall–Kier alpha value is -3.96. The molecular weight excluding hydrogens is 448 g/mol. The number of rotatable bonds is 4. The van der Waals surface area contributed by atoms with Gasteiger partial charge in [-0.2, -0.15) is 0 Å². The maximum Gasteiger partial charge on any atom is 0.366 e. The average Bonchev–Trinajstić information content (AvgIpc) is 2.89. The molecule has 1 unspecified atom stereocenters. The number of benzene rings is 2. The van der Waals surface area contributed by atoms with E-state index in [9.17, 15) is 19.5 Å². The molecule has 4 rings (SSSR count). The summed E-state index contributed by atoms with van der Waals surface area (Å²) in [6.07, 6.45) is 4.23. The van der Waals surface area contributed by atoms with Crippen molar-refractivity contribution in [3.63, 3.8) is 0 Å². The highest BCUT2D eigenvalue weighted by Crippen LogP contribution is 2.34. The van der Waals surface area contributed by atoms with E-state index in [1.807, 2.05) is 0 Å². The number of esters is 1. The predicted octanol–water partition coefficient (Wildman–Crippen LogP) is 3.58. The number of hydrogen-bond acceptors (Lipinski definition) is 7. The molecule has 1 amide bonds. The Morgan fingerprint density at radius 3 is 2.51 bits per heavy atom. The molecule has 1 fully saturated rings. The molecule has 2 N–H and O–H groups in total. The van der Waals surface area contributed by atoms with Gasteiger partial charge in [0.25, 0.3) is 5.91 Å². The van der Waals surface area contributed by atoms with E-state index in [0.717, 1.165) is 19.3 Å². The van der Waals surface area contributed by atoms with E-state index in [4.69, 9.17) is 9.26 Å². The number of amides is 1. The van der Waals surface area contributed by atoms with Crippen LogP contribution < -0.4 is 10.9 Å². The van der Waals surface area contributed by atoms with Gasteiger partial charge in [0.15, 0.2) is 0 Å². The van der Waals surface area contributed by atoms with Crippen molar-refractivity contribution in [1.29, 1.82) is 0 Å². The molecule has 35 heavy (non-hydrogen) atoms. The van der Waals surface area contributed by atoms with Crippen LogP contribution in [-0.4, -0.2) is 34.9 Å². The fourth-order valence-corrected chi connectivity index (χ4v) is 4.37. The zero-order valence-electron chi connectivity index (χ0n) is 19.6. The maximum atomic E-state index is 13.4. The number of fused-ring (bicyclic) bond motifs is 1. The summed E-state index contributed by atoms with van der Waals surface area (Å²) >= 11 is 0. The number of nitrogens with zero attached hydrogens (tertiary/aromatic N) is 1. The number of nitrogens with one attached hydrogen (secondary N) is 1. The Morgan fingerprint density at radius 1 is 1.11 bits per heavy atom. The van der Waals surface area contributed by atoms with Gasteiger partial charge in [0.1, 0.15) is 0 Å². The summed E-state index contributed by atoms with van der Waals surface area (Å²) in [7, 11) is 1.31. The van der Waals surface area contributed by atoms with Gasteiger partial charge in [-0.15, -0.1) is 0 Å². The van der Waals surface area contributed by atoms with Crippen LogP contribution in [0.2, 0.25) is 0 Å². The molecule has 8 heteroatoms. The minimum atomic E-state index is -1.92. The molecule has 1 atom stereocenters. The molecule has 0 aliphatic heterocycles. The Morgan fingerprint density at radius 2 is 1.83 bits per heavy atom. The normalized spacial score (nSPS) is 15.5. The molecular formula is C27H26N2O6. The van der Waals surface area contributed by atoms with Crippen molar-refractivity contribution in [2.45, 2.75) is 44.6 Å². The first-order valence-electron chi connectivity index (χ1n) is 11.5. The molecule has 0 spiro atoms. The van der Waals surface area contributed by atoms with Crippen LogP contribution in [0.1, 0.15) is 53.7 Å². The molecule has 1 aliphatic carbocycles. The van der Waals surface area contributed by atoms with Gasteiger partial charge >= 0.3 is 11.6 Å². The Kier molecular flexibility index (Phi) is 6.99. The predicted molar refractivity (Wildman–Crippen MR) is 130 cm³/mol. The van der Waals surface area contributed by atoms with Gasteiger partial charge in [0, 0.05) is 22.6 Å². The van der Waals surface area contributed by atoms with Gasteiger partial charge in [-0.1, -0.05) is 36.3 Å². The summed E-state index contributed by atoms with van der Waals surface area (Å²) in [4.78, 5) is 37.0. The maximum absolute atomic E-state index is 13.4. The van der Waals surface area contributed by atoms with E-state index < -0.39 is 23.1 Å². The first-order valence-corrected chi connectivity index (χ1v) is 11.5. The van der Waals surface area contributed by atoms with E-state index >= 15 is 0 Å². The highest BCUT2D eigenvalue weighted by atomic mass is 16.5. The number of aromatic nitrogens is 1. The van der Waals surface area contributed by atoms with Crippen molar-refractivity contribution in [2.75, 3.05) is 12.4 Å². The molecule has 3 aromatic rings. The molecule has 1 aliphatic rings. The molecule has 1 heterocycles. The largest absolute Gasteiger partial charge is 0.465 e. The van der Waals surface area contributed by atoms with Crippen LogP contribution in [-0.2, 0) is 9.53 Å². The van der Waals surface area contributed by atoms with E-state index in [0.29, 0.717) is 46.1 Å². The summed E-state index contributed by atoms with van der Waals surface area (Å²) in [6.45, 7) is 1.70. The lowest BCUT2D eigenvalue weighted by Crippen LogP contribution is -2.48. The second-order valence-electron chi connectivity index (χ2n) is 8.69. The average molecular weight is 475 g/mol. The van der Waals surface area contributed by atoms with Crippen LogP contribution in [0.5, 0.6) is 0 Å². The molecule has 1 aromatic heterocycles. The third-order valence-corrected chi connectivity index (χ3v) is 6.40. The van der Waals surface area contributed by atoms with Gasteiger partial charge in [-0.25, -0.2) is 9.59 Å². The highest BCUT2D eigenvalue weighted by Gasteiger charge is 2.43. The SMILES string of the molecule is COC(=O)c1ccc(C#CC(O)(C(=O)Nc2ccc3c(=O)onc(C)c3c2)C2CCCCC2)cc1. The third-order valence-electron chi connectivity index (χ3n) is 6.40. The van der Waals surface area contributed by atoms with Crippen LogP contribution in [0.3, 0.4) is 0 Å². The number of anilines is 1. The van der Waals surface area contributed by atoms with Crippen molar-refractivity contribution in [3.05, 3.63) is 69.7 Å². The zero-order valence-corrected chi connectivity index (χ0v) is 19.6. The number of carbonyl (C=O) groups excluding carboxylic acids is 2. The van der Waals surface area contributed by atoms with E-state index in [1.165, 1.54) is 7.11 Å². The van der Waals surface area contributed by atoms with E-state index in [1.54, 1.807) is 49.4 Å². The first-order chi connectivity index (χ1) is 16.8. The lowest BCUT2D eigenvalue weighted by molar-refractivity contribution is -0.134. The number of methoxy groups -OCH3 is 1. The molecule has 180 valence electrons. The molecule has 2 aromatic carbocycles. The summed E-state index contributed by atoms with van der Waals surface area (Å²) < 4.78 is 9.45. The zero-order chi connectivity index (χ0) is 25.0. The summed E-state index contributed by atoms with van der Waals surface area (Å²) in [6, 6.07) is 11.2. The van der Waals surface area contributed by atoms with Gasteiger partial charge in [-0.3, -0.25) is 4.79 Å². The Balaban J connectivity index is 1.65. The van der Waals surface area contributed by atoms with Crippen molar-refractivity contribution >= 4 is 28.3 Å². The molecule has 1 saturated carbocycles. The van der Waals surface area contributed by atoms with Gasteiger partial charge in [0.05, 0.1) is 23.8 Å². The molecule has 0 radical (unpaired) electrons. The second-order valence-corrected chi connectivity index (χ2v) is 8.69. The quantitative estimate of drug-likeness (QED) is 0.438. The summed E-state index contributed by atoms with van der Waals surface area (Å²) in [5.74, 6) is 4.31. The van der Waals surface area contributed by atoms with Crippen LogP contribution >= 0.6 is 0 Å². The summed E-state index contributed by atoms with van der Waals surface area (Å²) in [5, 5.41) is 19.0. The fourth-order valence-electron chi connectivity index (χ4n) is 4.37. The number of ether oxygens (including phenoxy) is 1. The molecule has 0 bridgehead atoms. The second kappa shape index (κ2) is 10.1. The highest BCUT2D eigenvalue weighted by molar-refractivity contribution is 6.01. The van der Waals surface area contributed by atoms with Crippen LogP contribution in [0, 0.1) is 24.7 Å². The number of aliphatic hydroxyl groups is 1. The van der Waals surface area contributed by atoms with Crippen LogP contribution in [0.25, 0.3) is 10.8 Å². The Labute approximate surface area is 202 Å². The van der Waals surface area contributed by atoms with Crippen molar-refractivity contribution in [2.24, 2.45) is 5.92 Å². The van der Waals surface area contributed by atoms with Crippen molar-refractivity contribution < 1.29 is 24.0 Å². The standard InChI is InChI=1S/C27H26N2O6/c1-17-23-16-21(12-13-22(23)25(31)35-29-17)28-26(32)27(33,20-6-4-3-5-7-20)15-14-18-8-10-19(11-9-18)24(30)34-2/h8-13,16,20,33H,3-7H2,1-2H3,(H,28,32). The first kappa shape index (κ1) is 24.2. The smallest absolute Gasteiger partial charge is 0.366 e. The number of carbonyl (C=O) groups is 2. The Bertz CT molecular complexity index is 1380. The lowest BCUT2D eigenvalue weighted by Gasteiger charge is -2.33.